The molecule has 0 aliphatic heterocycles. The largest absolute Gasteiger partial charge is 0.392 e. The summed E-state index contributed by atoms with van der Waals surface area (Å²) >= 11 is 5.14. The fourth-order valence-electron chi connectivity index (χ4n) is 1.69. The molecular weight excluding hydrogens is 274 g/mol. The second kappa shape index (κ2) is 5.99. The van der Waals surface area contributed by atoms with Crippen LogP contribution < -0.4 is 5.73 Å². The van der Waals surface area contributed by atoms with E-state index in [1.165, 1.54) is 4.88 Å². The van der Waals surface area contributed by atoms with Gasteiger partial charge in [0.05, 0.1) is 6.10 Å². The van der Waals surface area contributed by atoms with Gasteiger partial charge >= 0.3 is 0 Å². The van der Waals surface area contributed by atoms with E-state index in [-0.39, 0.29) is 12.0 Å². The predicted molar refractivity (Wildman–Crippen MR) is 69.1 cm³/mol. The van der Waals surface area contributed by atoms with E-state index < -0.39 is 0 Å². The molecule has 2 nitrogen and oxygen atoms in total. The molecule has 2 unspecified atom stereocenters. The van der Waals surface area contributed by atoms with Crippen LogP contribution in [0.5, 0.6) is 0 Å². The molecule has 0 saturated heterocycles. The van der Waals surface area contributed by atoms with Crippen LogP contribution in [-0.4, -0.2) is 17.8 Å². The highest BCUT2D eigenvalue weighted by Crippen LogP contribution is 2.26. The summed E-state index contributed by atoms with van der Waals surface area (Å²) in [5.41, 5.74) is 5.67. The van der Waals surface area contributed by atoms with E-state index in [4.69, 9.17) is 5.73 Å². The van der Waals surface area contributed by atoms with Crippen LogP contribution in [-0.2, 0) is 6.42 Å². The van der Waals surface area contributed by atoms with E-state index in [9.17, 15) is 5.11 Å². The Hall–Kier alpha value is 0.100. The van der Waals surface area contributed by atoms with Crippen molar-refractivity contribution in [2.45, 2.75) is 26.4 Å². The van der Waals surface area contributed by atoms with Crippen LogP contribution in [0.4, 0.5) is 0 Å². The van der Waals surface area contributed by atoms with Crippen LogP contribution in [0.15, 0.2) is 15.9 Å². The van der Waals surface area contributed by atoms with E-state index in [2.05, 4.69) is 29.8 Å². The summed E-state index contributed by atoms with van der Waals surface area (Å²) in [5.74, 6) is 0.600. The molecule has 1 aromatic rings. The Morgan fingerprint density at radius 3 is 2.60 bits per heavy atom. The zero-order chi connectivity index (χ0) is 11.4. The third kappa shape index (κ3) is 3.55. The Bertz CT molecular complexity index is 301. The molecule has 4 heteroatoms. The summed E-state index contributed by atoms with van der Waals surface area (Å²) in [6.45, 7) is 4.75. The first kappa shape index (κ1) is 13.2. The minimum absolute atomic E-state index is 0.180. The fourth-order valence-corrected chi connectivity index (χ4v) is 3.25. The molecule has 0 fully saturated rings. The van der Waals surface area contributed by atoms with Crippen LogP contribution in [0, 0.1) is 11.8 Å². The first-order valence-electron chi connectivity index (χ1n) is 5.16. The Kier molecular flexibility index (Phi) is 5.26. The lowest BCUT2D eigenvalue weighted by atomic mass is 9.88. The second-order valence-corrected chi connectivity index (χ2v) is 5.96. The number of nitrogens with two attached hydrogens (primary N) is 1. The zero-order valence-electron chi connectivity index (χ0n) is 9.11. The predicted octanol–water partition coefficient (Wildman–Crippen LogP) is 2.64. The quantitative estimate of drug-likeness (QED) is 0.876. The maximum absolute atomic E-state index is 10.1. The van der Waals surface area contributed by atoms with Crippen LogP contribution in [0.1, 0.15) is 18.7 Å². The molecule has 0 aliphatic carbocycles. The van der Waals surface area contributed by atoms with Gasteiger partial charge in [-0.1, -0.05) is 13.8 Å². The number of hydrogen-bond donors (Lipinski definition) is 2. The number of hydrogen-bond acceptors (Lipinski definition) is 3. The van der Waals surface area contributed by atoms with Crippen LogP contribution in [0.2, 0.25) is 0 Å². The van der Waals surface area contributed by atoms with Crippen molar-refractivity contribution in [1.82, 2.24) is 0 Å². The van der Waals surface area contributed by atoms with Gasteiger partial charge in [0.2, 0.25) is 0 Å². The molecule has 0 aromatic carbocycles. The Morgan fingerprint density at radius 2 is 2.20 bits per heavy atom. The summed E-state index contributed by atoms with van der Waals surface area (Å²) in [6, 6.07) is 2.01. The molecule has 0 spiro atoms. The Labute approximate surface area is 104 Å². The van der Waals surface area contributed by atoms with Crippen molar-refractivity contribution in [1.29, 1.82) is 0 Å². The number of halogens is 1. The molecule has 0 aliphatic rings. The summed E-state index contributed by atoms with van der Waals surface area (Å²) < 4.78 is 1.09. The average Bonchev–Trinajstić information content (AvgIpc) is 2.52. The maximum atomic E-state index is 10.1. The molecule has 1 rings (SSSR count). The topological polar surface area (TPSA) is 46.2 Å². The molecule has 0 bridgehead atoms. The van der Waals surface area contributed by atoms with Gasteiger partial charge in [-0.15, -0.1) is 11.3 Å². The summed E-state index contributed by atoms with van der Waals surface area (Å²) in [4.78, 5) is 1.20. The van der Waals surface area contributed by atoms with Crippen molar-refractivity contribution in [2.75, 3.05) is 6.54 Å². The third-order valence-electron chi connectivity index (χ3n) is 2.71. The molecule has 0 amide bonds. The van der Waals surface area contributed by atoms with Gasteiger partial charge in [0.15, 0.2) is 0 Å². The van der Waals surface area contributed by atoms with E-state index in [1.54, 1.807) is 11.3 Å². The molecule has 1 heterocycles. The highest BCUT2D eigenvalue weighted by atomic mass is 79.9. The highest BCUT2D eigenvalue weighted by Gasteiger charge is 2.22. The molecule has 86 valence electrons. The van der Waals surface area contributed by atoms with Crippen LogP contribution in [0.25, 0.3) is 0 Å². The van der Waals surface area contributed by atoms with Crippen LogP contribution in [0.3, 0.4) is 0 Å². The second-order valence-electron chi connectivity index (χ2n) is 4.11. The van der Waals surface area contributed by atoms with Gasteiger partial charge in [-0.3, -0.25) is 0 Å². The summed E-state index contributed by atoms with van der Waals surface area (Å²) in [7, 11) is 0. The molecule has 2 atom stereocenters. The molecular formula is C11H18BrNOS. The molecule has 1 aromatic heterocycles. The number of thiophene rings is 1. The van der Waals surface area contributed by atoms with Crippen molar-refractivity contribution in [3.63, 3.8) is 0 Å². The number of rotatable bonds is 5. The summed E-state index contributed by atoms with van der Waals surface area (Å²) in [5, 5.41) is 12.1. The lowest BCUT2D eigenvalue weighted by molar-refractivity contribution is 0.0869. The van der Waals surface area contributed by atoms with E-state index >= 15 is 0 Å². The molecule has 0 radical (unpaired) electrons. The molecule has 3 N–H and O–H groups in total. The molecule has 15 heavy (non-hydrogen) atoms. The monoisotopic (exact) mass is 291 g/mol. The van der Waals surface area contributed by atoms with Crippen molar-refractivity contribution >= 4 is 27.3 Å². The van der Waals surface area contributed by atoms with E-state index in [0.717, 1.165) is 4.47 Å². The first-order valence-corrected chi connectivity index (χ1v) is 6.83. The zero-order valence-corrected chi connectivity index (χ0v) is 11.5. The fraction of sp³-hybridized carbons (Fsp3) is 0.636. The average molecular weight is 292 g/mol. The maximum Gasteiger partial charge on any atom is 0.0631 e. The Balaban J connectivity index is 2.62. The van der Waals surface area contributed by atoms with Gasteiger partial charge in [0.1, 0.15) is 0 Å². The van der Waals surface area contributed by atoms with Crippen molar-refractivity contribution < 1.29 is 5.11 Å². The number of aliphatic hydroxyl groups is 1. The lowest BCUT2D eigenvalue weighted by Gasteiger charge is -2.24. The standard InChI is InChI=1S/C11H18BrNOS/c1-7(2)8(6-13)10(14)5-11-9(12)3-4-15-11/h3-4,7-8,10,14H,5-6,13H2,1-2H3. The normalized spacial score (nSPS) is 15.6. The highest BCUT2D eigenvalue weighted by molar-refractivity contribution is 9.10. The molecule has 0 saturated carbocycles. The third-order valence-corrected chi connectivity index (χ3v) is 4.66. The minimum Gasteiger partial charge on any atom is -0.392 e. The van der Waals surface area contributed by atoms with Gasteiger partial charge in [0.25, 0.3) is 0 Å². The van der Waals surface area contributed by atoms with E-state index in [0.29, 0.717) is 18.9 Å². The van der Waals surface area contributed by atoms with Gasteiger partial charge in [-0.25, -0.2) is 0 Å². The van der Waals surface area contributed by atoms with Crippen molar-refractivity contribution in [3.8, 4) is 0 Å². The van der Waals surface area contributed by atoms with Crippen molar-refractivity contribution in [3.05, 3.63) is 20.8 Å². The van der Waals surface area contributed by atoms with Gasteiger partial charge in [-0.05, 0) is 45.8 Å². The van der Waals surface area contributed by atoms with Gasteiger partial charge in [-0.2, -0.15) is 0 Å². The first-order chi connectivity index (χ1) is 7.06. The van der Waals surface area contributed by atoms with Gasteiger partial charge in [0, 0.05) is 15.8 Å². The Morgan fingerprint density at radius 1 is 1.53 bits per heavy atom. The number of aliphatic hydroxyl groups excluding tert-OH is 1. The van der Waals surface area contributed by atoms with E-state index in [1.807, 2.05) is 11.4 Å². The van der Waals surface area contributed by atoms with Crippen LogP contribution >= 0.6 is 27.3 Å². The summed E-state index contributed by atoms with van der Waals surface area (Å²) in [6.07, 6.45) is 0.350. The minimum atomic E-state index is -0.343. The SMILES string of the molecule is CC(C)C(CN)C(O)Cc1sccc1Br. The van der Waals surface area contributed by atoms with Crippen molar-refractivity contribution in [2.24, 2.45) is 17.6 Å². The lowest BCUT2D eigenvalue weighted by Crippen LogP contribution is -2.33. The smallest absolute Gasteiger partial charge is 0.0631 e. The van der Waals surface area contributed by atoms with Gasteiger partial charge < -0.3 is 10.8 Å².